The van der Waals surface area contributed by atoms with Crippen molar-refractivity contribution in [2.45, 2.75) is 51.0 Å². The molecular weight excluding hydrogens is 228 g/mol. The van der Waals surface area contributed by atoms with Gasteiger partial charge in [0.25, 0.3) is 5.79 Å². The second kappa shape index (κ2) is 4.89. The van der Waals surface area contributed by atoms with Crippen molar-refractivity contribution in [3.05, 3.63) is 0 Å². The predicted molar refractivity (Wildman–Crippen MR) is 58.1 cm³/mol. The zero-order valence-electron chi connectivity index (χ0n) is 10.9. The fourth-order valence-corrected chi connectivity index (χ4v) is 1.65. The minimum atomic E-state index is -1.34. The quantitative estimate of drug-likeness (QED) is 0.727. The van der Waals surface area contributed by atoms with Crippen molar-refractivity contribution >= 4 is 5.97 Å². The highest BCUT2D eigenvalue weighted by Gasteiger charge is 2.58. The Kier molecular flexibility index (Phi) is 4.14. The van der Waals surface area contributed by atoms with E-state index in [2.05, 4.69) is 0 Å². The smallest absolute Gasteiger partial charge is 0.340 e. The number of ether oxygens (including phenoxy) is 4. The van der Waals surface area contributed by atoms with Crippen LogP contribution >= 0.6 is 0 Å². The average Bonchev–Trinajstić information content (AvgIpc) is 2.32. The number of cyclic esters (lactones) is 1. The lowest BCUT2D eigenvalue weighted by atomic mass is 10.0. The number of hydrogen-bond donors (Lipinski definition) is 1. The Morgan fingerprint density at radius 3 is 2.29 bits per heavy atom. The van der Waals surface area contributed by atoms with Gasteiger partial charge < -0.3 is 24.1 Å². The van der Waals surface area contributed by atoms with E-state index in [1.807, 2.05) is 0 Å². The van der Waals surface area contributed by atoms with Crippen LogP contribution in [0.2, 0.25) is 0 Å². The van der Waals surface area contributed by atoms with Crippen LogP contribution in [0, 0.1) is 0 Å². The van der Waals surface area contributed by atoms with Crippen LogP contribution in [0.15, 0.2) is 0 Å². The molecule has 0 aromatic rings. The van der Waals surface area contributed by atoms with Crippen molar-refractivity contribution < 1.29 is 28.8 Å². The van der Waals surface area contributed by atoms with E-state index in [0.29, 0.717) is 6.42 Å². The first kappa shape index (κ1) is 14.4. The summed E-state index contributed by atoms with van der Waals surface area (Å²) in [5.41, 5.74) is 0. The van der Waals surface area contributed by atoms with Gasteiger partial charge in [-0.15, -0.1) is 0 Å². The highest BCUT2D eigenvalue weighted by molar-refractivity contribution is 5.76. The Morgan fingerprint density at radius 2 is 1.88 bits per heavy atom. The van der Waals surface area contributed by atoms with Gasteiger partial charge in [0.15, 0.2) is 6.10 Å². The number of aliphatic hydroxyl groups excluding tert-OH is 1. The number of esters is 1. The van der Waals surface area contributed by atoms with Gasteiger partial charge in [0.05, 0.1) is 6.10 Å². The zero-order valence-corrected chi connectivity index (χ0v) is 10.9. The molecule has 1 aliphatic heterocycles. The number of methoxy groups -OCH3 is 2. The van der Waals surface area contributed by atoms with Crippen LogP contribution in [0.25, 0.3) is 0 Å². The third-order valence-corrected chi connectivity index (χ3v) is 3.25. The van der Waals surface area contributed by atoms with Gasteiger partial charge in [-0.3, -0.25) is 0 Å². The summed E-state index contributed by atoms with van der Waals surface area (Å²) in [6.45, 7) is 4.89. The first-order chi connectivity index (χ1) is 7.83. The lowest BCUT2D eigenvalue weighted by Crippen LogP contribution is -2.65. The highest BCUT2D eigenvalue weighted by atomic mass is 16.8. The minimum Gasteiger partial charge on any atom is -0.425 e. The van der Waals surface area contributed by atoms with Gasteiger partial charge in [-0.05, 0) is 13.3 Å². The molecule has 0 unspecified atom stereocenters. The van der Waals surface area contributed by atoms with E-state index in [4.69, 9.17) is 18.9 Å². The predicted octanol–water partition coefficient (Wildman–Crippen LogP) is 0.424. The Balaban J connectivity index is 2.99. The molecule has 1 saturated heterocycles. The van der Waals surface area contributed by atoms with Crippen molar-refractivity contribution in [2.24, 2.45) is 0 Å². The lowest BCUT2D eigenvalue weighted by Gasteiger charge is -2.48. The van der Waals surface area contributed by atoms with Crippen LogP contribution in [0.3, 0.4) is 0 Å². The van der Waals surface area contributed by atoms with Crippen molar-refractivity contribution in [3.63, 3.8) is 0 Å². The summed E-state index contributed by atoms with van der Waals surface area (Å²) >= 11 is 0. The first-order valence-corrected chi connectivity index (χ1v) is 5.52. The van der Waals surface area contributed by atoms with E-state index in [-0.39, 0.29) is 0 Å². The summed E-state index contributed by atoms with van der Waals surface area (Å²) in [4.78, 5) is 11.7. The topological polar surface area (TPSA) is 74.2 Å². The van der Waals surface area contributed by atoms with E-state index < -0.39 is 29.8 Å². The molecule has 0 aliphatic carbocycles. The maximum absolute atomic E-state index is 11.7. The number of hydrogen-bond acceptors (Lipinski definition) is 6. The van der Waals surface area contributed by atoms with Crippen molar-refractivity contribution in [1.29, 1.82) is 0 Å². The zero-order chi connectivity index (χ0) is 13.3. The molecule has 1 heterocycles. The molecule has 1 aliphatic rings. The number of carbonyl (C=O) groups excluding carboxylic acids is 1. The van der Waals surface area contributed by atoms with Crippen molar-refractivity contribution in [2.75, 3.05) is 14.2 Å². The summed E-state index contributed by atoms with van der Waals surface area (Å²) in [6, 6.07) is 0. The largest absolute Gasteiger partial charge is 0.425 e. The second-order valence-corrected chi connectivity index (χ2v) is 4.23. The van der Waals surface area contributed by atoms with Crippen LogP contribution in [0.5, 0.6) is 0 Å². The molecule has 4 atom stereocenters. The first-order valence-electron chi connectivity index (χ1n) is 5.52. The molecule has 0 saturated carbocycles. The lowest BCUT2D eigenvalue weighted by molar-refractivity contribution is -0.410. The van der Waals surface area contributed by atoms with Gasteiger partial charge in [0.1, 0.15) is 0 Å². The van der Waals surface area contributed by atoms with Gasteiger partial charge in [-0.25, -0.2) is 4.79 Å². The van der Waals surface area contributed by atoms with Gasteiger partial charge in [0, 0.05) is 21.1 Å². The van der Waals surface area contributed by atoms with Crippen LogP contribution in [-0.2, 0) is 23.7 Å². The Hall–Kier alpha value is -0.690. The van der Waals surface area contributed by atoms with Gasteiger partial charge in [-0.2, -0.15) is 0 Å². The molecule has 0 radical (unpaired) electrons. The van der Waals surface area contributed by atoms with E-state index >= 15 is 0 Å². The average molecular weight is 248 g/mol. The Labute approximate surface area is 101 Å². The second-order valence-electron chi connectivity index (χ2n) is 4.23. The molecule has 0 aromatic heterocycles. The molecule has 0 spiro atoms. The summed E-state index contributed by atoms with van der Waals surface area (Å²) < 4.78 is 21.1. The third kappa shape index (κ3) is 2.30. The normalized spacial score (nSPS) is 39.9. The third-order valence-electron chi connectivity index (χ3n) is 3.25. The van der Waals surface area contributed by atoms with Crippen LogP contribution in [-0.4, -0.2) is 49.1 Å². The van der Waals surface area contributed by atoms with Crippen LogP contribution in [0.1, 0.15) is 27.2 Å². The van der Waals surface area contributed by atoms with Crippen LogP contribution in [0.4, 0.5) is 0 Å². The SMILES string of the molecule is CC[C@@H](O)[C@H]1O[C@](C)(OC)[C@@](C)(OC)OC1=O. The highest BCUT2D eigenvalue weighted by Crippen LogP contribution is 2.37. The van der Waals surface area contributed by atoms with E-state index in [1.54, 1.807) is 20.8 Å². The maximum Gasteiger partial charge on any atom is 0.340 e. The number of carbonyl (C=O) groups is 1. The Bertz CT molecular complexity index is 294. The molecule has 1 rings (SSSR count). The van der Waals surface area contributed by atoms with E-state index in [1.165, 1.54) is 14.2 Å². The standard InChI is InChI=1S/C11H20O6/c1-6-7(12)8-9(13)17-11(3,15-5)10(2,14-4)16-8/h7-8,12H,6H2,1-5H3/t7-,8-,10+,11+/m1/s1. The maximum atomic E-state index is 11.7. The molecule has 0 amide bonds. The minimum absolute atomic E-state index is 0.378. The molecular formula is C11H20O6. The molecule has 0 bridgehead atoms. The van der Waals surface area contributed by atoms with Gasteiger partial charge in [-0.1, -0.05) is 6.92 Å². The van der Waals surface area contributed by atoms with Gasteiger partial charge >= 0.3 is 5.97 Å². The van der Waals surface area contributed by atoms with Crippen LogP contribution < -0.4 is 0 Å². The summed E-state index contributed by atoms with van der Waals surface area (Å²) in [5, 5.41) is 9.70. The van der Waals surface area contributed by atoms with E-state index in [9.17, 15) is 9.90 Å². The number of rotatable bonds is 4. The van der Waals surface area contributed by atoms with E-state index in [0.717, 1.165) is 0 Å². The monoisotopic (exact) mass is 248 g/mol. The van der Waals surface area contributed by atoms with Gasteiger partial charge in [0.2, 0.25) is 5.79 Å². The molecule has 1 fully saturated rings. The fourth-order valence-electron chi connectivity index (χ4n) is 1.65. The molecule has 6 heteroatoms. The van der Waals surface area contributed by atoms with Crippen molar-refractivity contribution in [1.82, 2.24) is 0 Å². The number of aliphatic hydroxyl groups is 1. The molecule has 1 N–H and O–H groups in total. The molecule has 100 valence electrons. The summed E-state index contributed by atoms with van der Waals surface area (Å²) in [5.74, 6) is -3.27. The summed E-state index contributed by atoms with van der Waals surface area (Å²) in [7, 11) is 2.82. The molecule has 17 heavy (non-hydrogen) atoms. The molecule has 0 aromatic carbocycles. The fraction of sp³-hybridized carbons (Fsp3) is 0.909. The summed E-state index contributed by atoms with van der Waals surface area (Å²) in [6.07, 6.45) is -1.62. The Morgan fingerprint density at radius 1 is 1.35 bits per heavy atom. The molecule has 6 nitrogen and oxygen atoms in total. The van der Waals surface area contributed by atoms with Crippen molar-refractivity contribution in [3.8, 4) is 0 Å².